The van der Waals surface area contributed by atoms with Crippen LogP contribution < -0.4 is 10.3 Å². The number of urea groups is 1. The second-order valence-corrected chi connectivity index (χ2v) is 6.77. The second kappa shape index (κ2) is 5.45. The predicted octanol–water partition coefficient (Wildman–Crippen LogP) is 1.21. The zero-order valence-electron chi connectivity index (χ0n) is 12.4. The highest BCUT2D eigenvalue weighted by Gasteiger charge is 2.27. The normalized spacial score (nSPS) is 15.7. The van der Waals surface area contributed by atoms with E-state index in [1.807, 2.05) is 6.92 Å². The first-order chi connectivity index (χ1) is 9.70. The van der Waals surface area contributed by atoms with Crippen molar-refractivity contribution < 1.29 is 13.2 Å². The summed E-state index contributed by atoms with van der Waals surface area (Å²) in [5.74, 6) is 0. The summed E-state index contributed by atoms with van der Waals surface area (Å²) < 4.78 is 25.1. The molecule has 1 aliphatic rings. The Labute approximate surface area is 124 Å². The summed E-state index contributed by atoms with van der Waals surface area (Å²) in [5.41, 5.74) is 5.12. The molecule has 1 heterocycles. The summed E-state index contributed by atoms with van der Waals surface area (Å²) in [7, 11) is -3.83. The van der Waals surface area contributed by atoms with E-state index in [0.717, 1.165) is 10.6 Å². The minimum absolute atomic E-state index is 0.106. The van der Waals surface area contributed by atoms with Crippen LogP contribution in [-0.2, 0) is 10.0 Å². The lowest BCUT2D eigenvalue weighted by Gasteiger charge is -2.26. The molecule has 7 nitrogen and oxygen atoms in total. The molecule has 0 fully saturated rings. The van der Waals surface area contributed by atoms with Gasteiger partial charge < -0.3 is 0 Å². The highest BCUT2D eigenvalue weighted by molar-refractivity contribution is 7.89. The van der Waals surface area contributed by atoms with Crippen molar-refractivity contribution in [3.8, 4) is 0 Å². The smallest absolute Gasteiger partial charge is 0.245 e. The Bertz CT molecular complexity index is 702. The molecule has 1 aliphatic heterocycles. The Morgan fingerprint density at radius 2 is 1.76 bits per heavy atom. The topological polar surface area (TPSA) is 90.9 Å². The number of sulfonamides is 1. The average Bonchev–Trinajstić information content (AvgIpc) is 2.31. The number of hydrogen-bond acceptors (Lipinski definition) is 4. The molecule has 1 aromatic carbocycles. The number of carbonyl (C=O) groups is 1. The molecular weight excluding hydrogens is 292 g/mol. The Morgan fingerprint density at radius 1 is 1.19 bits per heavy atom. The van der Waals surface area contributed by atoms with Crippen LogP contribution in [0.3, 0.4) is 0 Å². The second-order valence-electron chi connectivity index (χ2n) is 5.17. The van der Waals surface area contributed by atoms with Crippen molar-refractivity contribution in [3.05, 3.63) is 28.8 Å². The van der Waals surface area contributed by atoms with E-state index in [-0.39, 0.29) is 11.4 Å². The van der Waals surface area contributed by atoms with Gasteiger partial charge in [-0.15, -0.1) is 4.83 Å². The molecule has 8 heteroatoms. The molecule has 0 spiro atoms. The molecule has 0 bridgehead atoms. The number of aryl methyl sites for hydroxylation is 3. The lowest BCUT2D eigenvalue weighted by atomic mass is 10.1. The van der Waals surface area contributed by atoms with Gasteiger partial charge in [0, 0.05) is 0 Å². The predicted molar refractivity (Wildman–Crippen MR) is 79.3 cm³/mol. The standard InChI is InChI=1S/C13H18N4O3S/c1-8-5-9(2)12(10(3)6-8)21(19,20)16-17-7-11(4)14-15-13(17)18/h5-6,16H,7H2,1-4H3,(H,15,18). The number of nitrogens with one attached hydrogen (secondary N) is 2. The number of benzene rings is 1. The Hall–Kier alpha value is -1.93. The van der Waals surface area contributed by atoms with E-state index in [9.17, 15) is 13.2 Å². The maximum Gasteiger partial charge on any atom is 0.353 e. The van der Waals surface area contributed by atoms with E-state index < -0.39 is 16.1 Å². The van der Waals surface area contributed by atoms with Crippen LogP contribution in [0, 0.1) is 20.8 Å². The van der Waals surface area contributed by atoms with Crippen LogP contribution in [0.2, 0.25) is 0 Å². The molecule has 0 saturated carbocycles. The highest BCUT2D eigenvalue weighted by Crippen LogP contribution is 2.21. The molecule has 0 unspecified atom stereocenters. The van der Waals surface area contributed by atoms with Crippen molar-refractivity contribution in [2.24, 2.45) is 5.10 Å². The SMILES string of the molecule is CC1=NNC(=O)N(NS(=O)(=O)c2c(C)cc(C)cc2C)C1. The van der Waals surface area contributed by atoms with Gasteiger partial charge in [-0.25, -0.2) is 23.6 Å². The molecule has 0 radical (unpaired) electrons. The quantitative estimate of drug-likeness (QED) is 0.879. The summed E-state index contributed by atoms with van der Waals surface area (Å²) >= 11 is 0. The first-order valence-corrected chi connectivity index (χ1v) is 7.90. The maximum absolute atomic E-state index is 12.5. The number of nitrogens with zero attached hydrogens (tertiary/aromatic N) is 2. The third-order valence-electron chi connectivity index (χ3n) is 3.08. The monoisotopic (exact) mass is 310 g/mol. The fourth-order valence-corrected chi connectivity index (χ4v) is 3.89. The molecule has 114 valence electrons. The van der Waals surface area contributed by atoms with Crippen molar-refractivity contribution in [1.82, 2.24) is 15.3 Å². The van der Waals surface area contributed by atoms with Gasteiger partial charge in [-0.2, -0.15) is 5.10 Å². The summed E-state index contributed by atoms with van der Waals surface area (Å²) in [6, 6.07) is 2.99. The third kappa shape index (κ3) is 3.22. The number of carbonyl (C=O) groups excluding carboxylic acids is 1. The fraction of sp³-hybridized carbons (Fsp3) is 0.385. The van der Waals surface area contributed by atoms with Gasteiger partial charge in [0.2, 0.25) is 0 Å². The van der Waals surface area contributed by atoms with E-state index >= 15 is 0 Å². The lowest BCUT2D eigenvalue weighted by molar-refractivity contribution is 0.193. The van der Waals surface area contributed by atoms with Gasteiger partial charge in [0.15, 0.2) is 0 Å². The van der Waals surface area contributed by atoms with Gasteiger partial charge in [-0.3, -0.25) is 0 Å². The minimum atomic E-state index is -3.83. The number of hydrogen-bond donors (Lipinski definition) is 2. The van der Waals surface area contributed by atoms with Gasteiger partial charge in [-0.05, 0) is 38.8 Å². The molecule has 0 atom stereocenters. The third-order valence-corrected chi connectivity index (χ3v) is 4.72. The van der Waals surface area contributed by atoms with Crippen LogP contribution in [0.4, 0.5) is 4.79 Å². The van der Waals surface area contributed by atoms with Gasteiger partial charge >= 0.3 is 6.03 Å². The zero-order chi connectivity index (χ0) is 15.8. The number of amides is 2. The summed E-state index contributed by atoms with van der Waals surface area (Å²) in [6.45, 7) is 7.18. The van der Waals surface area contributed by atoms with Crippen LogP contribution in [-0.4, -0.2) is 31.7 Å². The summed E-state index contributed by atoms with van der Waals surface area (Å²) in [6.07, 6.45) is 0. The molecule has 0 aliphatic carbocycles. The fourth-order valence-electron chi connectivity index (χ4n) is 2.39. The van der Waals surface area contributed by atoms with Crippen LogP contribution in [0.1, 0.15) is 23.6 Å². The van der Waals surface area contributed by atoms with Crippen molar-refractivity contribution >= 4 is 21.8 Å². The number of hydrazone groups is 1. The zero-order valence-corrected chi connectivity index (χ0v) is 13.2. The lowest BCUT2D eigenvalue weighted by Crippen LogP contribution is -2.54. The molecular formula is C13H18N4O3S. The molecule has 0 saturated heterocycles. The van der Waals surface area contributed by atoms with Gasteiger partial charge in [0.05, 0.1) is 17.2 Å². The van der Waals surface area contributed by atoms with Crippen molar-refractivity contribution in [3.63, 3.8) is 0 Å². The highest BCUT2D eigenvalue weighted by atomic mass is 32.2. The largest absolute Gasteiger partial charge is 0.353 e. The van der Waals surface area contributed by atoms with E-state index in [2.05, 4.69) is 15.4 Å². The minimum Gasteiger partial charge on any atom is -0.245 e. The van der Waals surface area contributed by atoms with Crippen LogP contribution >= 0.6 is 0 Å². The molecule has 2 amide bonds. The summed E-state index contributed by atoms with van der Waals surface area (Å²) in [5, 5.41) is 4.75. The molecule has 21 heavy (non-hydrogen) atoms. The van der Waals surface area contributed by atoms with Gasteiger partial charge in [0.1, 0.15) is 0 Å². The Morgan fingerprint density at radius 3 is 2.33 bits per heavy atom. The molecule has 1 aromatic rings. The van der Waals surface area contributed by atoms with E-state index in [4.69, 9.17) is 0 Å². The number of rotatable bonds is 3. The van der Waals surface area contributed by atoms with Crippen LogP contribution in [0.15, 0.2) is 22.1 Å². The first-order valence-electron chi connectivity index (χ1n) is 6.41. The van der Waals surface area contributed by atoms with E-state index in [0.29, 0.717) is 16.8 Å². The van der Waals surface area contributed by atoms with Gasteiger partial charge in [-0.1, -0.05) is 17.7 Å². The summed E-state index contributed by atoms with van der Waals surface area (Å²) in [4.78, 5) is 14.2. The maximum atomic E-state index is 12.5. The van der Waals surface area contributed by atoms with Crippen molar-refractivity contribution in [2.45, 2.75) is 32.6 Å². The van der Waals surface area contributed by atoms with Crippen LogP contribution in [0.25, 0.3) is 0 Å². The average molecular weight is 310 g/mol. The molecule has 0 aromatic heterocycles. The molecule has 2 N–H and O–H groups in total. The molecule has 2 rings (SSSR count). The van der Waals surface area contributed by atoms with Crippen LogP contribution in [0.5, 0.6) is 0 Å². The van der Waals surface area contributed by atoms with E-state index in [1.54, 1.807) is 32.9 Å². The van der Waals surface area contributed by atoms with E-state index in [1.165, 1.54) is 0 Å². The Balaban J connectivity index is 2.36. The number of hydrazine groups is 1. The Kier molecular flexibility index (Phi) is 4.02. The van der Waals surface area contributed by atoms with Crippen molar-refractivity contribution in [2.75, 3.05) is 6.54 Å². The first kappa shape index (κ1) is 15.5. The van der Waals surface area contributed by atoms with Crippen molar-refractivity contribution in [1.29, 1.82) is 0 Å². The van der Waals surface area contributed by atoms with Gasteiger partial charge in [0.25, 0.3) is 10.0 Å².